The fourth-order valence-corrected chi connectivity index (χ4v) is 3.84. The van der Waals surface area contributed by atoms with Gasteiger partial charge in [-0.2, -0.15) is 5.10 Å². The molecule has 2 N–H and O–H groups in total. The standard InChI is InChI=1S/C19H26N4O4/c1-11-14(12(2)27-23-11)9-26-17-10-25-8-7-16(17)20-19(24)18-13-5-3-4-6-15(13)21-22-18/h16-17H,3-10H2,1-2H3,(H,20,24)(H,21,22)/t16-,17-/m1/s1. The number of aromatic nitrogens is 3. The number of nitrogens with zero attached hydrogens (tertiary/aromatic N) is 2. The lowest BCUT2D eigenvalue weighted by Gasteiger charge is -2.32. The van der Waals surface area contributed by atoms with Gasteiger partial charge in [-0.25, -0.2) is 0 Å². The zero-order valence-electron chi connectivity index (χ0n) is 15.8. The van der Waals surface area contributed by atoms with Crippen LogP contribution in [0.1, 0.15) is 58.0 Å². The first kappa shape index (κ1) is 18.2. The number of H-pyrrole nitrogens is 1. The van der Waals surface area contributed by atoms with E-state index in [-0.39, 0.29) is 18.1 Å². The van der Waals surface area contributed by atoms with Crippen LogP contribution in [0.15, 0.2) is 4.52 Å². The van der Waals surface area contributed by atoms with Gasteiger partial charge in [0.2, 0.25) is 0 Å². The Hall–Kier alpha value is -2.19. The van der Waals surface area contributed by atoms with Crippen molar-refractivity contribution in [1.29, 1.82) is 0 Å². The number of hydrogen-bond acceptors (Lipinski definition) is 6. The third-order valence-electron chi connectivity index (χ3n) is 5.51. The third-order valence-corrected chi connectivity index (χ3v) is 5.51. The van der Waals surface area contributed by atoms with E-state index >= 15 is 0 Å². The van der Waals surface area contributed by atoms with Gasteiger partial charge in [-0.1, -0.05) is 5.16 Å². The Morgan fingerprint density at radius 1 is 1.33 bits per heavy atom. The highest BCUT2D eigenvalue weighted by molar-refractivity contribution is 5.94. The van der Waals surface area contributed by atoms with Crippen molar-refractivity contribution in [2.24, 2.45) is 0 Å². The average molecular weight is 374 g/mol. The lowest BCUT2D eigenvalue weighted by atomic mass is 9.95. The van der Waals surface area contributed by atoms with Gasteiger partial charge in [0.25, 0.3) is 5.91 Å². The molecule has 27 heavy (non-hydrogen) atoms. The molecule has 4 rings (SSSR count). The summed E-state index contributed by atoms with van der Waals surface area (Å²) < 4.78 is 16.8. The van der Waals surface area contributed by atoms with Crippen LogP contribution in [0.4, 0.5) is 0 Å². The van der Waals surface area contributed by atoms with E-state index in [1.165, 1.54) is 0 Å². The minimum absolute atomic E-state index is 0.109. The monoisotopic (exact) mass is 374 g/mol. The number of fused-ring (bicyclic) bond motifs is 1. The molecule has 1 aliphatic heterocycles. The van der Waals surface area contributed by atoms with Gasteiger partial charge in [0, 0.05) is 23.4 Å². The molecule has 2 aliphatic rings. The molecule has 2 aromatic rings. The van der Waals surface area contributed by atoms with Crippen molar-refractivity contribution in [3.63, 3.8) is 0 Å². The molecule has 0 saturated carbocycles. The number of ether oxygens (including phenoxy) is 2. The topological polar surface area (TPSA) is 102 Å². The SMILES string of the molecule is Cc1noc(C)c1CO[C@@H]1COCC[C@H]1NC(=O)c1n[nH]c2c1CCCC2. The molecule has 1 aliphatic carbocycles. The Kier molecular flexibility index (Phi) is 5.27. The van der Waals surface area contributed by atoms with Gasteiger partial charge >= 0.3 is 0 Å². The van der Waals surface area contributed by atoms with Crippen molar-refractivity contribution < 1.29 is 18.8 Å². The number of aryl methyl sites for hydroxylation is 3. The number of aromatic amines is 1. The van der Waals surface area contributed by atoms with E-state index in [0.29, 0.717) is 31.9 Å². The van der Waals surface area contributed by atoms with E-state index in [9.17, 15) is 4.79 Å². The van der Waals surface area contributed by atoms with E-state index in [1.807, 2.05) is 13.8 Å². The van der Waals surface area contributed by atoms with E-state index < -0.39 is 0 Å². The molecule has 3 heterocycles. The number of rotatable bonds is 5. The molecule has 0 unspecified atom stereocenters. The highest BCUT2D eigenvalue weighted by atomic mass is 16.5. The van der Waals surface area contributed by atoms with Crippen molar-refractivity contribution in [3.05, 3.63) is 34.0 Å². The van der Waals surface area contributed by atoms with E-state index in [0.717, 1.165) is 54.0 Å². The Bertz CT molecular complexity index is 793. The molecule has 0 aromatic carbocycles. The smallest absolute Gasteiger partial charge is 0.272 e. The fraction of sp³-hybridized carbons (Fsp3) is 0.632. The van der Waals surface area contributed by atoms with Crippen molar-refractivity contribution in [1.82, 2.24) is 20.7 Å². The normalized spacial score (nSPS) is 22.4. The predicted octanol–water partition coefficient (Wildman–Crippen LogP) is 2.00. The van der Waals surface area contributed by atoms with Gasteiger partial charge in [-0.05, 0) is 46.0 Å². The highest BCUT2D eigenvalue weighted by Gasteiger charge is 2.31. The van der Waals surface area contributed by atoms with Crippen LogP contribution in [0.25, 0.3) is 0 Å². The van der Waals surface area contributed by atoms with Crippen LogP contribution in [0, 0.1) is 13.8 Å². The van der Waals surface area contributed by atoms with Gasteiger partial charge in [0.05, 0.1) is 24.9 Å². The third kappa shape index (κ3) is 3.77. The second-order valence-electron chi connectivity index (χ2n) is 7.33. The van der Waals surface area contributed by atoms with Crippen LogP contribution in [0.2, 0.25) is 0 Å². The van der Waals surface area contributed by atoms with Gasteiger partial charge < -0.3 is 19.3 Å². The lowest BCUT2D eigenvalue weighted by Crippen LogP contribution is -2.50. The largest absolute Gasteiger partial charge is 0.379 e. The average Bonchev–Trinajstić information content (AvgIpc) is 3.25. The molecule has 0 radical (unpaired) electrons. The zero-order valence-corrected chi connectivity index (χ0v) is 15.8. The fourth-order valence-electron chi connectivity index (χ4n) is 3.84. The van der Waals surface area contributed by atoms with Gasteiger partial charge in [-0.15, -0.1) is 0 Å². The van der Waals surface area contributed by atoms with Crippen molar-refractivity contribution in [2.75, 3.05) is 13.2 Å². The Morgan fingerprint density at radius 2 is 2.19 bits per heavy atom. The molecule has 8 heteroatoms. The first-order chi connectivity index (χ1) is 13.1. The Morgan fingerprint density at radius 3 is 3.00 bits per heavy atom. The van der Waals surface area contributed by atoms with E-state index in [2.05, 4.69) is 20.7 Å². The van der Waals surface area contributed by atoms with E-state index in [4.69, 9.17) is 14.0 Å². The van der Waals surface area contributed by atoms with Crippen LogP contribution in [-0.2, 0) is 28.9 Å². The number of amides is 1. The summed E-state index contributed by atoms with van der Waals surface area (Å²) >= 11 is 0. The Balaban J connectivity index is 1.42. The van der Waals surface area contributed by atoms with Crippen LogP contribution in [0.5, 0.6) is 0 Å². The summed E-state index contributed by atoms with van der Waals surface area (Å²) in [5.74, 6) is 0.625. The highest BCUT2D eigenvalue weighted by Crippen LogP contribution is 2.23. The number of nitrogens with one attached hydrogen (secondary N) is 2. The molecule has 2 aromatic heterocycles. The first-order valence-corrected chi connectivity index (χ1v) is 9.61. The van der Waals surface area contributed by atoms with Gasteiger partial charge in [-0.3, -0.25) is 9.89 Å². The zero-order chi connectivity index (χ0) is 18.8. The van der Waals surface area contributed by atoms with Crippen LogP contribution in [0.3, 0.4) is 0 Å². The maximum Gasteiger partial charge on any atom is 0.272 e. The first-order valence-electron chi connectivity index (χ1n) is 9.61. The minimum atomic E-state index is -0.217. The van der Waals surface area contributed by atoms with Crippen LogP contribution in [-0.4, -0.2) is 46.6 Å². The van der Waals surface area contributed by atoms with Crippen LogP contribution < -0.4 is 5.32 Å². The summed E-state index contributed by atoms with van der Waals surface area (Å²) in [6.45, 7) is 5.21. The molecular formula is C19H26N4O4. The molecule has 8 nitrogen and oxygen atoms in total. The summed E-state index contributed by atoms with van der Waals surface area (Å²) in [4.78, 5) is 12.8. The summed E-state index contributed by atoms with van der Waals surface area (Å²) in [7, 11) is 0. The quantitative estimate of drug-likeness (QED) is 0.830. The molecule has 1 amide bonds. The van der Waals surface area contributed by atoms with Crippen molar-refractivity contribution >= 4 is 5.91 Å². The maximum absolute atomic E-state index is 12.8. The summed E-state index contributed by atoms with van der Waals surface area (Å²) in [5.41, 5.74) is 4.48. The summed E-state index contributed by atoms with van der Waals surface area (Å²) in [5, 5.41) is 14.4. The van der Waals surface area contributed by atoms with E-state index in [1.54, 1.807) is 0 Å². The maximum atomic E-state index is 12.8. The molecular weight excluding hydrogens is 348 g/mol. The Labute approximate surface area is 158 Å². The summed E-state index contributed by atoms with van der Waals surface area (Å²) in [6.07, 6.45) is 4.63. The second-order valence-corrected chi connectivity index (χ2v) is 7.33. The van der Waals surface area contributed by atoms with Gasteiger partial charge in [0.1, 0.15) is 11.9 Å². The van der Waals surface area contributed by atoms with Crippen molar-refractivity contribution in [2.45, 2.75) is 64.7 Å². The van der Waals surface area contributed by atoms with Crippen molar-refractivity contribution in [3.8, 4) is 0 Å². The molecule has 1 saturated heterocycles. The number of carbonyl (C=O) groups excluding carboxylic acids is 1. The molecule has 1 fully saturated rings. The molecule has 0 spiro atoms. The predicted molar refractivity (Wildman–Crippen MR) is 96.5 cm³/mol. The number of hydrogen-bond donors (Lipinski definition) is 2. The lowest BCUT2D eigenvalue weighted by molar-refractivity contribution is -0.0739. The van der Waals surface area contributed by atoms with Gasteiger partial charge in [0.15, 0.2) is 5.69 Å². The van der Waals surface area contributed by atoms with Crippen LogP contribution >= 0.6 is 0 Å². The summed E-state index contributed by atoms with van der Waals surface area (Å²) in [6, 6.07) is -0.109. The minimum Gasteiger partial charge on any atom is -0.379 e. The number of carbonyl (C=O) groups is 1. The second kappa shape index (κ2) is 7.82. The molecule has 0 bridgehead atoms. The molecule has 146 valence electrons. The molecule has 2 atom stereocenters.